The molecule has 0 heterocycles. The summed E-state index contributed by atoms with van der Waals surface area (Å²) in [5.74, 6) is 0.0617. The topological polar surface area (TPSA) is 66.8 Å². The fourth-order valence-corrected chi connectivity index (χ4v) is 1.96. The number of carboxylic acids is 1. The van der Waals surface area contributed by atoms with E-state index in [4.69, 9.17) is 9.84 Å². The molecule has 0 saturated heterocycles. The lowest BCUT2D eigenvalue weighted by Gasteiger charge is -2.22. The normalized spacial score (nSPS) is 10.8. The lowest BCUT2D eigenvalue weighted by Crippen LogP contribution is -2.38. The predicted octanol–water partition coefficient (Wildman–Crippen LogP) is 2.90. The number of hydrogen-bond acceptors (Lipinski definition) is 3. The number of amides is 1. The molecule has 1 aromatic rings. The van der Waals surface area contributed by atoms with E-state index >= 15 is 0 Å². The van der Waals surface area contributed by atoms with E-state index in [1.807, 2.05) is 13.8 Å². The molecule has 1 N–H and O–H groups in total. The van der Waals surface area contributed by atoms with Crippen LogP contribution in [0.15, 0.2) is 24.3 Å². The highest BCUT2D eigenvalue weighted by Crippen LogP contribution is 2.15. The van der Waals surface area contributed by atoms with Crippen molar-refractivity contribution in [2.75, 3.05) is 19.7 Å². The van der Waals surface area contributed by atoms with Crippen molar-refractivity contribution < 1.29 is 19.4 Å². The van der Waals surface area contributed by atoms with Gasteiger partial charge in [-0.05, 0) is 36.1 Å². The Morgan fingerprint density at radius 1 is 1.09 bits per heavy atom. The fourth-order valence-electron chi connectivity index (χ4n) is 1.96. The Labute approximate surface area is 131 Å². The van der Waals surface area contributed by atoms with Crippen LogP contribution in [-0.2, 0) is 4.79 Å². The Hall–Kier alpha value is -2.04. The standard InChI is InChI=1S/C17H25NO4/c1-12(2)9-18(10-16(19)20)17(21)14-5-7-15(8-6-14)22-11-13(3)4/h5-8,12-13H,9-11H2,1-4H3,(H,19,20). The Kier molecular flexibility index (Phi) is 6.89. The minimum Gasteiger partial charge on any atom is -0.493 e. The SMILES string of the molecule is CC(C)COc1ccc(C(=O)N(CC(=O)O)CC(C)C)cc1. The molecule has 1 amide bonds. The van der Waals surface area contributed by atoms with Crippen LogP contribution >= 0.6 is 0 Å². The van der Waals surface area contributed by atoms with Crippen molar-refractivity contribution >= 4 is 11.9 Å². The van der Waals surface area contributed by atoms with Crippen LogP contribution in [-0.4, -0.2) is 41.6 Å². The third kappa shape index (κ3) is 6.16. The average molecular weight is 307 g/mol. The first-order valence-electron chi connectivity index (χ1n) is 7.53. The predicted molar refractivity (Wildman–Crippen MR) is 85.2 cm³/mol. The van der Waals surface area contributed by atoms with Gasteiger partial charge in [-0.15, -0.1) is 0 Å². The van der Waals surface area contributed by atoms with Gasteiger partial charge in [-0.25, -0.2) is 0 Å². The van der Waals surface area contributed by atoms with Gasteiger partial charge >= 0.3 is 5.97 Å². The molecular formula is C17H25NO4. The molecule has 0 radical (unpaired) electrons. The molecule has 5 heteroatoms. The van der Waals surface area contributed by atoms with Crippen molar-refractivity contribution in [3.63, 3.8) is 0 Å². The summed E-state index contributed by atoms with van der Waals surface area (Å²) in [6.07, 6.45) is 0. The zero-order valence-electron chi connectivity index (χ0n) is 13.7. The van der Waals surface area contributed by atoms with E-state index in [1.54, 1.807) is 24.3 Å². The van der Waals surface area contributed by atoms with Gasteiger partial charge in [-0.2, -0.15) is 0 Å². The molecule has 122 valence electrons. The van der Waals surface area contributed by atoms with Gasteiger partial charge in [0.1, 0.15) is 12.3 Å². The average Bonchev–Trinajstić information content (AvgIpc) is 2.43. The molecule has 0 fully saturated rings. The summed E-state index contributed by atoms with van der Waals surface area (Å²) in [5, 5.41) is 8.94. The van der Waals surface area contributed by atoms with E-state index in [0.717, 1.165) is 0 Å². The van der Waals surface area contributed by atoms with Gasteiger partial charge in [0.25, 0.3) is 5.91 Å². The van der Waals surface area contributed by atoms with E-state index in [1.165, 1.54) is 4.90 Å². The van der Waals surface area contributed by atoms with Crippen LogP contribution in [0.3, 0.4) is 0 Å². The van der Waals surface area contributed by atoms with Gasteiger partial charge in [0, 0.05) is 12.1 Å². The van der Waals surface area contributed by atoms with Crippen LogP contribution in [0.25, 0.3) is 0 Å². The number of carboxylic acid groups (broad SMARTS) is 1. The first-order valence-corrected chi connectivity index (χ1v) is 7.53. The number of ether oxygens (including phenoxy) is 1. The third-order valence-electron chi connectivity index (χ3n) is 2.88. The zero-order valence-corrected chi connectivity index (χ0v) is 13.7. The molecule has 0 bridgehead atoms. The molecule has 0 aliphatic carbocycles. The van der Waals surface area contributed by atoms with Crippen LogP contribution in [0, 0.1) is 11.8 Å². The van der Waals surface area contributed by atoms with Crippen LogP contribution in [0.5, 0.6) is 5.75 Å². The summed E-state index contributed by atoms with van der Waals surface area (Å²) in [6.45, 7) is 8.77. The molecule has 0 atom stereocenters. The lowest BCUT2D eigenvalue weighted by molar-refractivity contribution is -0.137. The monoisotopic (exact) mass is 307 g/mol. The Bertz CT molecular complexity index is 494. The van der Waals surface area contributed by atoms with Crippen LogP contribution in [0.1, 0.15) is 38.1 Å². The molecular weight excluding hydrogens is 282 g/mol. The number of benzene rings is 1. The first kappa shape index (κ1) is 18.0. The van der Waals surface area contributed by atoms with Crippen LogP contribution in [0.2, 0.25) is 0 Å². The summed E-state index contributed by atoms with van der Waals surface area (Å²) in [7, 11) is 0. The lowest BCUT2D eigenvalue weighted by atomic mass is 10.1. The maximum absolute atomic E-state index is 12.4. The van der Waals surface area contributed by atoms with E-state index in [0.29, 0.717) is 30.4 Å². The smallest absolute Gasteiger partial charge is 0.323 e. The van der Waals surface area contributed by atoms with Crippen molar-refractivity contribution in [1.29, 1.82) is 0 Å². The second-order valence-corrected chi connectivity index (χ2v) is 6.20. The van der Waals surface area contributed by atoms with Gasteiger partial charge in [-0.1, -0.05) is 27.7 Å². The molecule has 0 aromatic heterocycles. The van der Waals surface area contributed by atoms with Crippen molar-refractivity contribution in [2.24, 2.45) is 11.8 Å². The number of nitrogens with zero attached hydrogens (tertiary/aromatic N) is 1. The molecule has 1 aromatic carbocycles. The highest BCUT2D eigenvalue weighted by Gasteiger charge is 2.19. The van der Waals surface area contributed by atoms with Gasteiger partial charge in [-0.3, -0.25) is 9.59 Å². The molecule has 0 aliphatic rings. The maximum atomic E-state index is 12.4. The highest BCUT2D eigenvalue weighted by molar-refractivity contribution is 5.95. The van der Waals surface area contributed by atoms with Crippen molar-refractivity contribution in [1.82, 2.24) is 4.90 Å². The van der Waals surface area contributed by atoms with Gasteiger partial charge in [0.2, 0.25) is 0 Å². The zero-order chi connectivity index (χ0) is 16.7. The quantitative estimate of drug-likeness (QED) is 0.802. The Morgan fingerprint density at radius 3 is 2.14 bits per heavy atom. The molecule has 1 rings (SSSR count). The first-order chi connectivity index (χ1) is 10.3. The van der Waals surface area contributed by atoms with E-state index in [9.17, 15) is 9.59 Å². The number of hydrogen-bond donors (Lipinski definition) is 1. The minimum absolute atomic E-state index is 0.206. The molecule has 0 aliphatic heterocycles. The van der Waals surface area contributed by atoms with Crippen molar-refractivity contribution in [3.8, 4) is 5.75 Å². The molecule has 5 nitrogen and oxygen atoms in total. The van der Waals surface area contributed by atoms with Gasteiger partial charge in [0.15, 0.2) is 0 Å². The molecule has 0 saturated carbocycles. The summed E-state index contributed by atoms with van der Waals surface area (Å²) in [5.41, 5.74) is 0.471. The summed E-state index contributed by atoms with van der Waals surface area (Å²) >= 11 is 0. The highest BCUT2D eigenvalue weighted by atomic mass is 16.5. The van der Waals surface area contributed by atoms with E-state index in [-0.39, 0.29) is 18.4 Å². The second-order valence-electron chi connectivity index (χ2n) is 6.20. The number of rotatable bonds is 8. The maximum Gasteiger partial charge on any atom is 0.323 e. The largest absolute Gasteiger partial charge is 0.493 e. The molecule has 0 unspecified atom stereocenters. The van der Waals surface area contributed by atoms with Crippen molar-refractivity contribution in [2.45, 2.75) is 27.7 Å². The fraction of sp³-hybridized carbons (Fsp3) is 0.529. The third-order valence-corrected chi connectivity index (χ3v) is 2.88. The van der Waals surface area contributed by atoms with Crippen molar-refractivity contribution in [3.05, 3.63) is 29.8 Å². The van der Waals surface area contributed by atoms with Gasteiger partial charge < -0.3 is 14.7 Å². The molecule has 22 heavy (non-hydrogen) atoms. The second kappa shape index (κ2) is 8.41. The minimum atomic E-state index is -1.01. The Balaban J connectivity index is 2.78. The number of carbonyl (C=O) groups excluding carboxylic acids is 1. The molecule has 0 spiro atoms. The van der Waals surface area contributed by atoms with Crippen LogP contribution in [0.4, 0.5) is 0 Å². The number of aliphatic carboxylic acids is 1. The Morgan fingerprint density at radius 2 is 1.68 bits per heavy atom. The van der Waals surface area contributed by atoms with Gasteiger partial charge in [0.05, 0.1) is 6.61 Å². The van der Waals surface area contributed by atoms with E-state index in [2.05, 4.69) is 13.8 Å². The van der Waals surface area contributed by atoms with E-state index < -0.39 is 5.97 Å². The summed E-state index contributed by atoms with van der Waals surface area (Å²) in [4.78, 5) is 24.7. The summed E-state index contributed by atoms with van der Waals surface area (Å²) < 4.78 is 5.57. The van der Waals surface area contributed by atoms with Crippen LogP contribution < -0.4 is 4.74 Å². The summed E-state index contributed by atoms with van der Waals surface area (Å²) in [6, 6.07) is 6.83. The number of carbonyl (C=O) groups is 2.